The van der Waals surface area contributed by atoms with E-state index in [4.69, 9.17) is 0 Å². The molecule has 0 atom stereocenters. The van der Waals surface area contributed by atoms with E-state index in [0.29, 0.717) is 6.54 Å². The Morgan fingerprint density at radius 3 is 2.93 bits per heavy atom. The van der Waals surface area contributed by atoms with Crippen molar-refractivity contribution in [2.45, 2.75) is 6.42 Å². The van der Waals surface area contributed by atoms with Crippen LogP contribution in [0.3, 0.4) is 0 Å². The summed E-state index contributed by atoms with van der Waals surface area (Å²) in [6.07, 6.45) is 1.000. The zero-order valence-corrected chi connectivity index (χ0v) is 9.08. The molecule has 0 fully saturated rings. The van der Waals surface area contributed by atoms with Gasteiger partial charge in [0, 0.05) is 11.0 Å². The predicted molar refractivity (Wildman–Crippen MR) is 56.9 cm³/mol. The van der Waals surface area contributed by atoms with Crippen molar-refractivity contribution in [1.82, 2.24) is 5.32 Å². The minimum absolute atomic E-state index is 0.279. The molecular weight excluding hydrogens is 246 g/mol. The van der Waals surface area contributed by atoms with E-state index in [1.807, 2.05) is 24.3 Å². The van der Waals surface area contributed by atoms with E-state index in [1.165, 1.54) is 0 Å². The molecule has 4 heteroatoms. The summed E-state index contributed by atoms with van der Waals surface area (Å²) in [6, 6.07) is 7.82. The molecule has 0 unspecified atom stereocenters. The van der Waals surface area contributed by atoms with Gasteiger partial charge in [-0.1, -0.05) is 28.1 Å². The minimum atomic E-state index is -0.569. The van der Waals surface area contributed by atoms with Gasteiger partial charge in [0.15, 0.2) is 0 Å². The second-order valence-electron chi connectivity index (χ2n) is 2.79. The van der Waals surface area contributed by atoms with Gasteiger partial charge < -0.3 is 5.32 Å². The standard InChI is InChI=1S/C10H10BrNO2/c11-9-3-1-2-8(6-9)4-5-12-10(14)7-13/h1-3,6-7H,4-5H2,(H,12,14). The van der Waals surface area contributed by atoms with Gasteiger partial charge in [-0.2, -0.15) is 0 Å². The molecule has 1 aromatic rings. The number of benzene rings is 1. The lowest BCUT2D eigenvalue weighted by Crippen LogP contribution is -2.26. The molecule has 1 aromatic carbocycles. The van der Waals surface area contributed by atoms with Crippen LogP contribution in [0.4, 0.5) is 0 Å². The topological polar surface area (TPSA) is 46.2 Å². The van der Waals surface area contributed by atoms with Crippen molar-refractivity contribution in [3.8, 4) is 0 Å². The summed E-state index contributed by atoms with van der Waals surface area (Å²) in [5.41, 5.74) is 1.12. The maximum Gasteiger partial charge on any atom is 0.284 e. The Balaban J connectivity index is 2.38. The van der Waals surface area contributed by atoms with Crippen LogP contribution in [0.5, 0.6) is 0 Å². The SMILES string of the molecule is O=CC(=O)NCCc1cccc(Br)c1. The monoisotopic (exact) mass is 255 g/mol. The van der Waals surface area contributed by atoms with Gasteiger partial charge in [-0.25, -0.2) is 0 Å². The van der Waals surface area contributed by atoms with Crippen molar-refractivity contribution in [3.05, 3.63) is 34.3 Å². The van der Waals surface area contributed by atoms with Crippen molar-refractivity contribution >= 4 is 28.1 Å². The molecule has 0 radical (unpaired) electrons. The van der Waals surface area contributed by atoms with Crippen LogP contribution in [0.2, 0.25) is 0 Å². The lowest BCUT2D eigenvalue weighted by molar-refractivity contribution is -0.131. The molecule has 0 saturated heterocycles. The lowest BCUT2D eigenvalue weighted by Gasteiger charge is -2.02. The Hall–Kier alpha value is -1.16. The number of halogens is 1. The van der Waals surface area contributed by atoms with Crippen LogP contribution in [-0.4, -0.2) is 18.7 Å². The fraction of sp³-hybridized carbons (Fsp3) is 0.200. The third kappa shape index (κ3) is 3.70. The summed E-state index contributed by atoms with van der Waals surface area (Å²) in [5, 5.41) is 2.48. The summed E-state index contributed by atoms with van der Waals surface area (Å²) < 4.78 is 1.01. The van der Waals surface area contributed by atoms with Gasteiger partial charge in [0.05, 0.1) is 0 Å². The van der Waals surface area contributed by atoms with E-state index in [9.17, 15) is 9.59 Å². The fourth-order valence-corrected chi connectivity index (χ4v) is 1.51. The molecular formula is C10H10BrNO2. The van der Waals surface area contributed by atoms with Crippen molar-refractivity contribution < 1.29 is 9.59 Å². The van der Waals surface area contributed by atoms with E-state index in [1.54, 1.807) is 0 Å². The Kier molecular flexibility index (Phi) is 4.32. The molecule has 0 aliphatic rings. The average Bonchev–Trinajstić information content (AvgIpc) is 2.17. The average molecular weight is 256 g/mol. The predicted octanol–water partition coefficient (Wildman–Crippen LogP) is 1.31. The molecule has 0 aliphatic carbocycles. The molecule has 3 nitrogen and oxygen atoms in total. The Morgan fingerprint density at radius 2 is 2.29 bits per heavy atom. The summed E-state index contributed by atoms with van der Waals surface area (Å²) >= 11 is 3.35. The molecule has 0 bridgehead atoms. The van der Waals surface area contributed by atoms with E-state index in [0.717, 1.165) is 16.5 Å². The largest absolute Gasteiger partial charge is 0.349 e. The number of hydrogen-bond acceptors (Lipinski definition) is 2. The Morgan fingerprint density at radius 1 is 1.50 bits per heavy atom. The molecule has 1 N–H and O–H groups in total. The van der Waals surface area contributed by atoms with Gasteiger partial charge in [-0.3, -0.25) is 9.59 Å². The van der Waals surface area contributed by atoms with Crippen molar-refractivity contribution in [2.75, 3.05) is 6.54 Å². The molecule has 74 valence electrons. The summed E-state index contributed by atoms with van der Waals surface area (Å²) in [5.74, 6) is -0.569. The molecule has 0 aromatic heterocycles. The number of aldehydes is 1. The minimum Gasteiger partial charge on any atom is -0.349 e. The lowest BCUT2D eigenvalue weighted by atomic mass is 10.1. The van der Waals surface area contributed by atoms with Gasteiger partial charge in [0.2, 0.25) is 6.29 Å². The first-order chi connectivity index (χ1) is 6.72. The second kappa shape index (κ2) is 5.54. The summed E-state index contributed by atoms with van der Waals surface area (Å²) in [4.78, 5) is 20.6. The van der Waals surface area contributed by atoms with Crippen LogP contribution >= 0.6 is 15.9 Å². The van der Waals surface area contributed by atoms with Gasteiger partial charge in [0.1, 0.15) is 0 Å². The van der Waals surface area contributed by atoms with Crippen LogP contribution in [0.15, 0.2) is 28.7 Å². The van der Waals surface area contributed by atoms with E-state index in [-0.39, 0.29) is 6.29 Å². The zero-order valence-electron chi connectivity index (χ0n) is 7.50. The molecule has 0 spiro atoms. The highest BCUT2D eigenvalue weighted by molar-refractivity contribution is 9.10. The van der Waals surface area contributed by atoms with E-state index in [2.05, 4.69) is 21.2 Å². The van der Waals surface area contributed by atoms with Gasteiger partial charge in [-0.05, 0) is 24.1 Å². The van der Waals surface area contributed by atoms with Gasteiger partial charge in [0.25, 0.3) is 5.91 Å². The quantitative estimate of drug-likeness (QED) is 0.652. The van der Waals surface area contributed by atoms with E-state index < -0.39 is 5.91 Å². The van der Waals surface area contributed by atoms with Crippen LogP contribution < -0.4 is 5.32 Å². The van der Waals surface area contributed by atoms with Crippen molar-refractivity contribution in [1.29, 1.82) is 0 Å². The highest BCUT2D eigenvalue weighted by Crippen LogP contribution is 2.11. The first-order valence-electron chi connectivity index (χ1n) is 4.20. The van der Waals surface area contributed by atoms with Crippen LogP contribution in [0.25, 0.3) is 0 Å². The number of carbonyl (C=O) groups excluding carboxylic acids is 2. The third-order valence-corrected chi connectivity index (χ3v) is 2.20. The molecule has 14 heavy (non-hydrogen) atoms. The highest BCUT2D eigenvalue weighted by Gasteiger charge is 1.97. The van der Waals surface area contributed by atoms with E-state index >= 15 is 0 Å². The summed E-state index contributed by atoms with van der Waals surface area (Å²) in [7, 11) is 0. The van der Waals surface area contributed by atoms with Crippen molar-refractivity contribution in [2.24, 2.45) is 0 Å². The highest BCUT2D eigenvalue weighted by atomic mass is 79.9. The van der Waals surface area contributed by atoms with Crippen LogP contribution in [-0.2, 0) is 16.0 Å². The van der Waals surface area contributed by atoms with Gasteiger partial charge in [-0.15, -0.1) is 0 Å². The normalized spacial score (nSPS) is 9.50. The number of carbonyl (C=O) groups is 2. The molecule has 0 heterocycles. The third-order valence-electron chi connectivity index (χ3n) is 1.71. The molecule has 0 aliphatic heterocycles. The number of nitrogens with one attached hydrogen (secondary N) is 1. The first kappa shape index (κ1) is 10.9. The molecule has 1 rings (SSSR count). The smallest absolute Gasteiger partial charge is 0.284 e. The first-order valence-corrected chi connectivity index (χ1v) is 4.99. The fourth-order valence-electron chi connectivity index (χ4n) is 1.06. The maximum atomic E-state index is 10.6. The summed E-state index contributed by atoms with van der Waals surface area (Å²) in [6.45, 7) is 0.480. The molecule has 0 saturated carbocycles. The second-order valence-corrected chi connectivity index (χ2v) is 3.70. The Bertz CT molecular complexity index is 339. The van der Waals surface area contributed by atoms with Crippen LogP contribution in [0.1, 0.15) is 5.56 Å². The number of rotatable bonds is 4. The zero-order chi connectivity index (χ0) is 10.4. The molecule has 1 amide bonds. The number of amides is 1. The van der Waals surface area contributed by atoms with Gasteiger partial charge >= 0.3 is 0 Å². The Labute approximate surface area is 90.6 Å². The maximum absolute atomic E-state index is 10.6. The van der Waals surface area contributed by atoms with Crippen molar-refractivity contribution in [3.63, 3.8) is 0 Å². The van der Waals surface area contributed by atoms with Crippen LogP contribution in [0, 0.1) is 0 Å². The number of hydrogen-bond donors (Lipinski definition) is 1.